The number of likely N-dealkylation sites (tertiary alicyclic amines) is 1. The molecule has 1 aliphatic heterocycles. The molecule has 1 aromatic carbocycles. The first-order chi connectivity index (χ1) is 10.5. The van der Waals surface area contributed by atoms with Crippen molar-refractivity contribution in [3.63, 3.8) is 0 Å². The van der Waals surface area contributed by atoms with Gasteiger partial charge in [-0.25, -0.2) is 0 Å². The molecule has 1 aromatic rings. The number of hydrogen-bond acceptors (Lipinski definition) is 2. The Morgan fingerprint density at radius 3 is 2.36 bits per heavy atom. The summed E-state index contributed by atoms with van der Waals surface area (Å²) in [6.07, 6.45) is 2.59. The van der Waals surface area contributed by atoms with Crippen molar-refractivity contribution < 1.29 is 4.79 Å². The second kappa shape index (κ2) is 7.01. The number of halogens is 1. The molecule has 1 amide bonds. The maximum atomic E-state index is 13.3. The van der Waals surface area contributed by atoms with Crippen molar-refractivity contribution >= 4 is 17.5 Å². The highest BCUT2D eigenvalue weighted by molar-refractivity contribution is 6.30. The monoisotopic (exact) mass is 322 g/mol. The van der Waals surface area contributed by atoms with Gasteiger partial charge >= 0.3 is 0 Å². The molecular formula is C18H27ClN2O. The molecule has 4 heteroatoms. The van der Waals surface area contributed by atoms with Gasteiger partial charge in [0.1, 0.15) is 0 Å². The predicted octanol–water partition coefficient (Wildman–Crippen LogP) is 3.59. The topological polar surface area (TPSA) is 46.3 Å². The molecule has 22 heavy (non-hydrogen) atoms. The fourth-order valence-corrected chi connectivity index (χ4v) is 3.85. The fourth-order valence-electron chi connectivity index (χ4n) is 3.72. The molecule has 2 N–H and O–H groups in total. The van der Waals surface area contributed by atoms with Crippen LogP contribution < -0.4 is 5.73 Å². The second-order valence-corrected chi connectivity index (χ2v) is 6.88. The van der Waals surface area contributed by atoms with Crippen LogP contribution in [0, 0.1) is 5.92 Å². The molecule has 0 aliphatic carbocycles. The molecule has 0 saturated carbocycles. The highest BCUT2D eigenvalue weighted by Gasteiger charge is 2.43. The van der Waals surface area contributed by atoms with E-state index in [2.05, 4.69) is 20.8 Å². The third-order valence-corrected chi connectivity index (χ3v) is 5.52. The Balaban J connectivity index is 2.34. The highest BCUT2D eigenvalue weighted by Crippen LogP contribution is 2.37. The van der Waals surface area contributed by atoms with Crippen LogP contribution in [0.1, 0.15) is 45.6 Å². The Bertz CT molecular complexity index is 510. The van der Waals surface area contributed by atoms with Gasteiger partial charge in [0.15, 0.2) is 0 Å². The van der Waals surface area contributed by atoms with E-state index in [-0.39, 0.29) is 11.9 Å². The maximum Gasteiger partial charge on any atom is 0.233 e. The van der Waals surface area contributed by atoms with Crippen LogP contribution in [0.2, 0.25) is 5.02 Å². The summed E-state index contributed by atoms with van der Waals surface area (Å²) in [5, 5.41) is 0.704. The first-order valence-corrected chi connectivity index (χ1v) is 8.63. The van der Waals surface area contributed by atoms with Crippen LogP contribution >= 0.6 is 11.6 Å². The van der Waals surface area contributed by atoms with Crippen molar-refractivity contribution in [3.8, 4) is 0 Å². The summed E-state index contributed by atoms with van der Waals surface area (Å²) >= 11 is 6.01. The minimum Gasteiger partial charge on any atom is -0.339 e. The first kappa shape index (κ1) is 17.3. The van der Waals surface area contributed by atoms with E-state index >= 15 is 0 Å². The van der Waals surface area contributed by atoms with Gasteiger partial charge in [-0.3, -0.25) is 4.79 Å². The van der Waals surface area contributed by atoms with E-state index in [4.69, 9.17) is 17.3 Å². The summed E-state index contributed by atoms with van der Waals surface area (Å²) in [5.41, 5.74) is 6.42. The Kier molecular flexibility index (Phi) is 5.51. The van der Waals surface area contributed by atoms with Gasteiger partial charge in [-0.15, -0.1) is 0 Å². The minimum atomic E-state index is -0.456. The second-order valence-electron chi connectivity index (χ2n) is 6.44. The van der Waals surface area contributed by atoms with Crippen LogP contribution in [0.4, 0.5) is 0 Å². The predicted molar refractivity (Wildman–Crippen MR) is 92.0 cm³/mol. The summed E-state index contributed by atoms with van der Waals surface area (Å²) in [5.74, 6) is 0.666. The number of benzene rings is 1. The standard InChI is InChI=1S/C18H27ClN2O/c1-4-18(5-2,15-6-8-16(19)9-7-15)17(22)21-12-14(11-20)10-13(21)3/h6-9,13-14H,4-5,10-12,20H2,1-3H3. The van der Waals surface area contributed by atoms with Crippen molar-refractivity contribution in [2.24, 2.45) is 11.7 Å². The number of carbonyl (C=O) groups excluding carboxylic acids is 1. The molecule has 1 heterocycles. The fraction of sp³-hybridized carbons (Fsp3) is 0.611. The van der Waals surface area contributed by atoms with Gasteiger partial charge in [0.05, 0.1) is 5.41 Å². The molecule has 0 bridgehead atoms. The van der Waals surface area contributed by atoms with E-state index in [1.165, 1.54) is 0 Å². The zero-order chi connectivity index (χ0) is 16.3. The highest BCUT2D eigenvalue weighted by atomic mass is 35.5. The SMILES string of the molecule is CCC(CC)(C(=O)N1CC(CN)CC1C)c1ccc(Cl)cc1. The molecule has 3 nitrogen and oxygen atoms in total. The lowest BCUT2D eigenvalue weighted by Gasteiger charge is -2.37. The van der Waals surface area contributed by atoms with Crippen molar-refractivity contribution in [2.75, 3.05) is 13.1 Å². The number of rotatable bonds is 5. The minimum absolute atomic E-state index is 0.239. The largest absolute Gasteiger partial charge is 0.339 e. The first-order valence-electron chi connectivity index (χ1n) is 8.25. The molecule has 0 spiro atoms. The molecule has 122 valence electrons. The number of amides is 1. The number of nitrogens with two attached hydrogens (primary N) is 1. The zero-order valence-electron chi connectivity index (χ0n) is 13.8. The molecule has 1 aliphatic rings. The van der Waals surface area contributed by atoms with Gasteiger partial charge in [0, 0.05) is 17.6 Å². The molecule has 1 fully saturated rings. The van der Waals surface area contributed by atoms with E-state index in [1.807, 2.05) is 29.2 Å². The van der Waals surface area contributed by atoms with Crippen LogP contribution in [-0.4, -0.2) is 29.9 Å². The average molecular weight is 323 g/mol. The average Bonchev–Trinajstić information content (AvgIpc) is 2.91. The Morgan fingerprint density at radius 1 is 1.32 bits per heavy atom. The number of nitrogens with zero attached hydrogens (tertiary/aromatic N) is 1. The molecule has 2 atom stereocenters. The Labute approximate surface area is 138 Å². The zero-order valence-corrected chi connectivity index (χ0v) is 14.6. The van der Waals surface area contributed by atoms with Crippen LogP contribution in [0.5, 0.6) is 0 Å². The third kappa shape index (κ3) is 3.02. The van der Waals surface area contributed by atoms with E-state index in [9.17, 15) is 4.79 Å². The van der Waals surface area contributed by atoms with Crippen LogP contribution in [0.25, 0.3) is 0 Å². The van der Waals surface area contributed by atoms with Crippen LogP contribution in [0.15, 0.2) is 24.3 Å². The normalized spacial score (nSPS) is 22.1. The summed E-state index contributed by atoms with van der Waals surface area (Å²) in [4.78, 5) is 15.4. The van der Waals surface area contributed by atoms with Crippen molar-refractivity contribution in [3.05, 3.63) is 34.9 Å². The summed E-state index contributed by atoms with van der Waals surface area (Å²) < 4.78 is 0. The molecule has 2 rings (SSSR count). The van der Waals surface area contributed by atoms with Crippen LogP contribution in [-0.2, 0) is 10.2 Å². The van der Waals surface area contributed by atoms with E-state index in [0.29, 0.717) is 17.5 Å². The Morgan fingerprint density at radius 2 is 1.91 bits per heavy atom. The number of hydrogen-bond donors (Lipinski definition) is 1. The van der Waals surface area contributed by atoms with E-state index in [1.54, 1.807) is 0 Å². The maximum absolute atomic E-state index is 13.3. The van der Waals surface area contributed by atoms with Crippen molar-refractivity contribution in [1.82, 2.24) is 4.90 Å². The smallest absolute Gasteiger partial charge is 0.233 e. The number of carbonyl (C=O) groups is 1. The van der Waals surface area contributed by atoms with Crippen molar-refractivity contribution in [2.45, 2.75) is 51.5 Å². The van der Waals surface area contributed by atoms with Crippen molar-refractivity contribution in [1.29, 1.82) is 0 Å². The van der Waals surface area contributed by atoms with Gasteiger partial charge in [-0.1, -0.05) is 37.6 Å². The van der Waals surface area contributed by atoms with Gasteiger partial charge in [-0.05, 0) is 56.3 Å². The third-order valence-electron chi connectivity index (χ3n) is 5.27. The van der Waals surface area contributed by atoms with E-state index in [0.717, 1.165) is 31.4 Å². The lowest BCUT2D eigenvalue weighted by molar-refractivity contribution is -0.138. The van der Waals surface area contributed by atoms with Gasteiger partial charge in [-0.2, -0.15) is 0 Å². The molecule has 0 aromatic heterocycles. The summed E-state index contributed by atoms with van der Waals surface area (Å²) in [7, 11) is 0. The quantitative estimate of drug-likeness (QED) is 0.900. The summed E-state index contributed by atoms with van der Waals surface area (Å²) in [6.45, 7) is 7.76. The van der Waals surface area contributed by atoms with Gasteiger partial charge in [0.2, 0.25) is 5.91 Å². The van der Waals surface area contributed by atoms with E-state index < -0.39 is 5.41 Å². The lowest BCUT2D eigenvalue weighted by atomic mass is 9.74. The lowest BCUT2D eigenvalue weighted by Crippen LogP contribution is -2.48. The Hall–Kier alpha value is -1.06. The molecule has 2 unspecified atom stereocenters. The van der Waals surface area contributed by atoms with Crippen LogP contribution in [0.3, 0.4) is 0 Å². The molecule has 1 saturated heterocycles. The molecular weight excluding hydrogens is 296 g/mol. The van der Waals surface area contributed by atoms with Gasteiger partial charge < -0.3 is 10.6 Å². The van der Waals surface area contributed by atoms with Gasteiger partial charge in [0.25, 0.3) is 0 Å². The summed E-state index contributed by atoms with van der Waals surface area (Å²) in [6, 6.07) is 8.01. The molecule has 0 radical (unpaired) electrons.